The molecule has 0 saturated heterocycles. The van der Waals surface area contributed by atoms with Gasteiger partial charge in [-0.3, -0.25) is 18.6 Å². The normalized spacial score (nSPS) is 13.6. The standard InChI is InChI=1S/C41H78NO8P/c1-3-5-7-9-11-13-15-17-18-19-20-22-24-26-28-30-32-34-41(44)50-39(38-49-51(45,46)48-36-35-42)37-47-40(43)33-31-29-27-25-23-21-16-14-12-10-8-6-4-2/h11,13,17-18,39H,3-10,12,14-16,19-38,42H2,1-2H3,(H,45,46)/b13-11+,18-17+/t39-/m1/s1. The van der Waals surface area contributed by atoms with E-state index in [0.717, 1.165) is 51.4 Å². The van der Waals surface area contributed by atoms with Crippen LogP contribution in [0.4, 0.5) is 0 Å². The minimum atomic E-state index is -4.37. The van der Waals surface area contributed by atoms with E-state index in [9.17, 15) is 19.0 Å². The molecule has 9 nitrogen and oxygen atoms in total. The molecular formula is C41H78NO8P. The predicted molar refractivity (Wildman–Crippen MR) is 211 cm³/mol. The first-order chi connectivity index (χ1) is 24.8. The Kier molecular flexibility index (Phi) is 37.1. The largest absolute Gasteiger partial charge is 0.472 e. The Balaban J connectivity index is 4.17. The van der Waals surface area contributed by atoms with Gasteiger partial charge in [0.2, 0.25) is 0 Å². The topological polar surface area (TPSA) is 134 Å². The molecule has 0 fully saturated rings. The van der Waals surface area contributed by atoms with Gasteiger partial charge in [0, 0.05) is 19.4 Å². The van der Waals surface area contributed by atoms with E-state index in [2.05, 4.69) is 38.2 Å². The Morgan fingerprint density at radius 1 is 0.588 bits per heavy atom. The first kappa shape index (κ1) is 49.5. The third kappa shape index (κ3) is 38.0. The van der Waals surface area contributed by atoms with Crippen molar-refractivity contribution in [2.45, 2.75) is 200 Å². The fourth-order valence-electron chi connectivity index (χ4n) is 5.72. The van der Waals surface area contributed by atoms with E-state index in [1.54, 1.807) is 0 Å². The lowest BCUT2D eigenvalue weighted by molar-refractivity contribution is -0.161. The lowest BCUT2D eigenvalue weighted by atomic mass is 10.0. The highest BCUT2D eigenvalue weighted by molar-refractivity contribution is 7.47. The Labute approximate surface area is 312 Å². The summed E-state index contributed by atoms with van der Waals surface area (Å²) in [5, 5.41) is 0. The summed E-state index contributed by atoms with van der Waals surface area (Å²) in [7, 11) is -4.37. The molecule has 0 aromatic heterocycles. The van der Waals surface area contributed by atoms with Gasteiger partial charge in [-0.15, -0.1) is 0 Å². The number of carbonyl (C=O) groups excluding carboxylic acids is 2. The van der Waals surface area contributed by atoms with E-state index in [1.165, 1.54) is 109 Å². The highest BCUT2D eigenvalue weighted by Crippen LogP contribution is 2.43. The van der Waals surface area contributed by atoms with Crippen molar-refractivity contribution < 1.29 is 37.6 Å². The summed E-state index contributed by atoms with van der Waals surface area (Å²) < 4.78 is 32.7. The van der Waals surface area contributed by atoms with Crippen molar-refractivity contribution in [3.05, 3.63) is 24.3 Å². The maximum absolute atomic E-state index is 12.6. The Morgan fingerprint density at radius 3 is 1.53 bits per heavy atom. The molecule has 0 bridgehead atoms. The fraction of sp³-hybridized carbons (Fsp3) is 0.854. The van der Waals surface area contributed by atoms with Crippen LogP contribution in [0.3, 0.4) is 0 Å². The molecule has 3 N–H and O–H groups in total. The number of esters is 2. The zero-order valence-corrected chi connectivity index (χ0v) is 33.7. The summed E-state index contributed by atoms with van der Waals surface area (Å²) in [6.07, 6.45) is 39.1. The van der Waals surface area contributed by atoms with Gasteiger partial charge in [-0.25, -0.2) is 4.57 Å². The van der Waals surface area contributed by atoms with Gasteiger partial charge in [-0.2, -0.15) is 0 Å². The smallest absolute Gasteiger partial charge is 0.462 e. The van der Waals surface area contributed by atoms with Crippen molar-refractivity contribution in [3.8, 4) is 0 Å². The molecule has 0 aromatic carbocycles. The highest BCUT2D eigenvalue weighted by Gasteiger charge is 2.26. The fourth-order valence-corrected chi connectivity index (χ4v) is 6.49. The Hall–Kier alpha value is -1.51. The van der Waals surface area contributed by atoms with Crippen LogP contribution in [-0.4, -0.2) is 49.3 Å². The van der Waals surface area contributed by atoms with E-state index in [1.807, 2.05) is 0 Å². The molecule has 0 aliphatic carbocycles. The van der Waals surface area contributed by atoms with Crippen LogP contribution in [0, 0.1) is 0 Å². The van der Waals surface area contributed by atoms with Crippen molar-refractivity contribution >= 4 is 19.8 Å². The molecule has 300 valence electrons. The number of rotatable bonds is 39. The molecule has 51 heavy (non-hydrogen) atoms. The summed E-state index contributed by atoms with van der Waals surface area (Å²) >= 11 is 0. The lowest BCUT2D eigenvalue weighted by Gasteiger charge is -2.19. The molecule has 0 heterocycles. The van der Waals surface area contributed by atoms with Crippen molar-refractivity contribution in [3.63, 3.8) is 0 Å². The van der Waals surface area contributed by atoms with Crippen LogP contribution in [0.1, 0.15) is 194 Å². The minimum absolute atomic E-state index is 0.0534. The van der Waals surface area contributed by atoms with Gasteiger partial charge >= 0.3 is 19.8 Å². The number of allylic oxidation sites excluding steroid dienone is 4. The van der Waals surface area contributed by atoms with Crippen molar-refractivity contribution in [2.24, 2.45) is 5.73 Å². The molecule has 0 amide bonds. The number of unbranched alkanes of at least 4 members (excludes halogenated alkanes) is 22. The summed E-state index contributed by atoms with van der Waals surface area (Å²) in [6, 6.07) is 0. The van der Waals surface area contributed by atoms with Crippen LogP contribution in [-0.2, 0) is 32.7 Å². The molecule has 0 saturated carbocycles. The average Bonchev–Trinajstić information content (AvgIpc) is 3.11. The second-order valence-corrected chi connectivity index (χ2v) is 15.3. The highest BCUT2D eigenvalue weighted by atomic mass is 31.2. The zero-order chi connectivity index (χ0) is 37.5. The molecule has 0 rings (SSSR count). The van der Waals surface area contributed by atoms with Crippen LogP contribution < -0.4 is 5.73 Å². The monoisotopic (exact) mass is 744 g/mol. The molecule has 0 radical (unpaired) electrons. The molecule has 0 aliphatic rings. The number of phosphoric acid groups is 1. The van der Waals surface area contributed by atoms with Gasteiger partial charge in [-0.1, -0.05) is 160 Å². The van der Waals surface area contributed by atoms with Crippen LogP contribution in [0.2, 0.25) is 0 Å². The van der Waals surface area contributed by atoms with Crippen molar-refractivity contribution in [1.29, 1.82) is 0 Å². The third-order valence-corrected chi connectivity index (χ3v) is 9.82. The summed E-state index contributed by atoms with van der Waals surface area (Å²) in [4.78, 5) is 34.8. The minimum Gasteiger partial charge on any atom is -0.462 e. The zero-order valence-electron chi connectivity index (χ0n) is 32.8. The SMILES string of the molecule is CCCCC/C=C/C/C=C/CCCCCCCCCC(=O)O[C@H](COC(=O)CCCCCCCCCCCCCCC)COP(=O)(O)OCCN. The molecule has 0 aliphatic heterocycles. The van der Waals surface area contributed by atoms with Crippen LogP contribution in [0.25, 0.3) is 0 Å². The Morgan fingerprint density at radius 2 is 1.02 bits per heavy atom. The maximum atomic E-state index is 12.6. The van der Waals surface area contributed by atoms with E-state index >= 15 is 0 Å². The Bertz CT molecular complexity index is 897. The van der Waals surface area contributed by atoms with E-state index in [4.69, 9.17) is 24.3 Å². The first-order valence-corrected chi connectivity index (χ1v) is 22.3. The molecule has 0 aromatic rings. The van der Waals surface area contributed by atoms with Gasteiger partial charge in [0.05, 0.1) is 13.2 Å². The van der Waals surface area contributed by atoms with Gasteiger partial charge < -0.3 is 20.1 Å². The van der Waals surface area contributed by atoms with Crippen molar-refractivity contribution in [2.75, 3.05) is 26.4 Å². The molecule has 2 atom stereocenters. The summed E-state index contributed by atoms with van der Waals surface area (Å²) in [6.45, 7) is 3.70. The van der Waals surface area contributed by atoms with E-state index in [-0.39, 0.29) is 38.6 Å². The predicted octanol–water partition coefficient (Wildman–Crippen LogP) is 11.6. The third-order valence-electron chi connectivity index (χ3n) is 8.84. The van der Waals surface area contributed by atoms with Gasteiger partial charge in [-0.05, 0) is 44.9 Å². The maximum Gasteiger partial charge on any atom is 0.472 e. The second-order valence-electron chi connectivity index (χ2n) is 13.9. The van der Waals surface area contributed by atoms with Crippen LogP contribution in [0.15, 0.2) is 24.3 Å². The van der Waals surface area contributed by atoms with Gasteiger partial charge in [0.15, 0.2) is 6.10 Å². The molecule has 1 unspecified atom stereocenters. The van der Waals surface area contributed by atoms with Crippen LogP contribution in [0.5, 0.6) is 0 Å². The number of nitrogens with two attached hydrogens (primary N) is 1. The number of ether oxygens (including phenoxy) is 2. The first-order valence-electron chi connectivity index (χ1n) is 20.8. The van der Waals surface area contributed by atoms with E-state index in [0.29, 0.717) is 6.42 Å². The van der Waals surface area contributed by atoms with Crippen LogP contribution >= 0.6 is 7.82 Å². The van der Waals surface area contributed by atoms with Crippen molar-refractivity contribution in [1.82, 2.24) is 0 Å². The summed E-state index contributed by atoms with van der Waals surface area (Å²) in [5.41, 5.74) is 5.34. The molecule has 10 heteroatoms. The van der Waals surface area contributed by atoms with Gasteiger partial charge in [0.25, 0.3) is 0 Å². The van der Waals surface area contributed by atoms with E-state index < -0.39 is 26.5 Å². The number of carbonyl (C=O) groups is 2. The number of hydrogen-bond acceptors (Lipinski definition) is 8. The molecule has 0 spiro atoms. The van der Waals surface area contributed by atoms with Gasteiger partial charge in [0.1, 0.15) is 6.61 Å². The lowest BCUT2D eigenvalue weighted by Crippen LogP contribution is -2.29. The second kappa shape index (κ2) is 38.2. The number of phosphoric ester groups is 1. The average molecular weight is 744 g/mol. The summed E-state index contributed by atoms with van der Waals surface area (Å²) in [5.74, 6) is -0.832. The molecular weight excluding hydrogens is 665 g/mol. The quantitative estimate of drug-likeness (QED) is 0.0273. The number of hydrogen-bond donors (Lipinski definition) is 2.